The van der Waals surface area contributed by atoms with E-state index in [0.717, 1.165) is 27.8 Å². The predicted molar refractivity (Wildman–Crippen MR) is 107 cm³/mol. The maximum absolute atomic E-state index is 13.3. The summed E-state index contributed by atoms with van der Waals surface area (Å²) in [5.74, 6) is -0.655. The molecule has 30 heavy (non-hydrogen) atoms. The Bertz CT molecular complexity index is 1230. The lowest BCUT2D eigenvalue weighted by molar-refractivity contribution is -0.137. The molecule has 5 nitrogen and oxygen atoms in total. The topological polar surface area (TPSA) is 50.5 Å². The maximum Gasteiger partial charge on any atom is 0.418 e. The number of carbonyl (C=O) groups is 1. The highest BCUT2D eigenvalue weighted by Crippen LogP contribution is 2.36. The number of rotatable bonds is 3. The van der Waals surface area contributed by atoms with Gasteiger partial charge < -0.3 is 4.90 Å². The molecule has 0 atom stereocenters. The lowest BCUT2D eigenvalue weighted by atomic mass is 10.1. The van der Waals surface area contributed by atoms with E-state index in [9.17, 15) is 18.0 Å². The van der Waals surface area contributed by atoms with Crippen LogP contribution in [0.3, 0.4) is 0 Å². The molecule has 2 aromatic carbocycles. The number of imidazole rings is 1. The summed E-state index contributed by atoms with van der Waals surface area (Å²) in [6, 6.07) is 12.7. The molecule has 0 fully saturated rings. The van der Waals surface area contributed by atoms with Gasteiger partial charge in [-0.3, -0.25) is 9.20 Å². The predicted octanol–water partition coefficient (Wildman–Crippen LogP) is 5.00. The first-order chi connectivity index (χ1) is 14.3. The molecule has 0 saturated heterocycles. The minimum Gasteiger partial charge on any atom is -0.309 e. The molecular formula is C22H17F3N4O. The number of aromatic nitrogens is 3. The highest BCUT2D eigenvalue weighted by atomic mass is 19.4. The summed E-state index contributed by atoms with van der Waals surface area (Å²) in [5.41, 5.74) is 2.17. The molecule has 4 aromatic rings. The van der Waals surface area contributed by atoms with Crippen molar-refractivity contribution in [1.82, 2.24) is 14.4 Å². The fourth-order valence-electron chi connectivity index (χ4n) is 3.22. The molecular weight excluding hydrogens is 393 g/mol. The van der Waals surface area contributed by atoms with Crippen LogP contribution in [0.2, 0.25) is 0 Å². The Morgan fingerprint density at radius 2 is 1.70 bits per heavy atom. The molecule has 2 heterocycles. The van der Waals surface area contributed by atoms with E-state index in [1.807, 2.05) is 31.2 Å². The summed E-state index contributed by atoms with van der Waals surface area (Å²) in [5, 5.41) is 0. The second-order valence-corrected chi connectivity index (χ2v) is 6.89. The van der Waals surface area contributed by atoms with Crippen molar-refractivity contribution in [2.24, 2.45) is 0 Å². The fraction of sp³-hybridized carbons (Fsp3) is 0.136. The summed E-state index contributed by atoms with van der Waals surface area (Å²) in [6.45, 7) is 1.98. The van der Waals surface area contributed by atoms with E-state index in [2.05, 4.69) is 9.97 Å². The minimum absolute atomic E-state index is 0.00772. The second kappa shape index (κ2) is 7.29. The average Bonchev–Trinajstić information content (AvgIpc) is 3.16. The van der Waals surface area contributed by atoms with Gasteiger partial charge in [-0.05, 0) is 19.1 Å². The third kappa shape index (κ3) is 3.52. The Hall–Kier alpha value is -3.68. The van der Waals surface area contributed by atoms with E-state index >= 15 is 0 Å². The molecule has 0 bridgehead atoms. The van der Waals surface area contributed by atoms with Crippen LogP contribution in [0.25, 0.3) is 16.9 Å². The molecule has 152 valence electrons. The van der Waals surface area contributed by atoms with Crippen LogP contribution in [0.5, 0.6) is 0 Å². The number of benzene rings is 2. The molecule has 0 unspecified atom stereocenters. The quantitative estimate of drug-likeness (QED) is 0.478. The number of para-hydroxylation sites is 1. The number of aryl methyl sites for hydroxylation is 1. The van der Waals surface area contributed by atoms with Crippen LogP contribution in [-0.4, -0.2) is 27.3 Å². The number of hydrogen-bond acceptors (Lipinski definition) is 3. The Morgan fingerprint density at radius 3 is 2.40 bits per heavy atom. The van der Waals surface area contributed by atoms with Crippen LogP contribution in [0, 0.1) is 6.92 Å². The first-order valence-corrected chi connectivity index (χ1v) is 9.10. The Morgan fingerprint density at radius 1 is 1.00 bits per heavy atom. The number of fused-ring (bicyclic) bond motifs is 1. The van der Waals surface area contributed by atoms with Crippen molar-refractivity contribution in [3.63, 3.8) is 0 Å². The van der Waals surface area contributed by atoms with E-state index in [-0.39, 0.29) is 11.4 Å². The highest BCUT2D eigenvalue weighted by molar-refractivity contribution is 6.04. The number of halogens is 3. The van der Waals surface area contributed by atoms with Gasteiger partial charge in [0.2, 0.25) is 0 Å². The van der Waals surface area contributed by atoms with Gasteiger partial charge in [-0.1, -0.05) is 42.0 Å². The molecule has 2 aromatic heterocycles. The minimum atomic E-state index is -4.58. The van der Waals surface area contributed by atoms with Gasteiger partial charge in [0.15, 0.2) is 5.65 Å². The molecule has 0 aliphatic rings. The molecule has 0 aliphatic heterocycles. The van der Waals surface area contributed by atoms with Gasteiger partial charge in [0, 0.05) is 18.8 Å². The van der Waals surface area contributed by atoms with E-state index in [1.54, 1.807) is 10.6 Å². The van der Waals surface area contributed by atoms with Gasteiger partial charge in [0.25, 0.3) is 5.91 Å². The van der Waals surface area contributed by atoms with Gasteiger partial charge in [0.1, 0.15) is 5.69 Å². The average molecular weight is 410 g/mol. The zero-order valence-electron chi connectivity index (χ0n) is 16.2. The molecule has 0 radical (unpaired) electrons. The van der Waals surface area contributed by atoms with Crippen molar-refractivity contribution in [2.75, 3.05) is 11.9 Å². The Labute approximate surface area is 170 Å². The standard InChI is InChI=1S/C22H17F3N4O/c1-14-7-9-15(10-8-14)19-11-27-20-12-26-17(13-29(19)20)21(30)28(2)18-6-4-3-5-16(18)22(23,24)25/h3-13H,1-2H3. The summed E-state index contributed by atoms with van der Waals surface area (Å²) in [6.07, 6.45) is 0.00502. The zero-order valence-corrected chi connectivity index (χ0v) is 16.2. The van der Waals surface area contributed by atoms with Crippen LogP contribution in [0.15, 0.2) is 67.1 Å². The van der Waals surface area contributed by atoms with Crippen molar-refractivity contribution in [2.45, 2.75) is 13.1 Å². The molecule has 8 heteroatoms. The number of nitrogens with zero attached hydrogens (tertiary/aromatic N) is 4. The van der Waals surface area contributed by atoms with E-state index in [1.165, 1.54) is 37.6 Å². The summed E-state index contributed by atoms with van der Waals surface area (Å²) in [4.78, 5) is 22.3. The first kappa shape index (κ1) is 19.6. The smallest absolute Gasteiger partial charge is 0.309 e. The van der Waals surface area contributed by atoms with Crippen LogP contribution in [-0.2, 0) is 6.18 Å². The van der Waals surface area contributed by atoms with Gasteiger partial charge in [-0.25, -0.2) is 9.97 Å². The van der Waals surface area contributed by atoms with E-state index in [0.29, 0.717) is 5.65 Å². The molecule has 0 spiro atoms. The molecule has 0 aliphatic carbocycles. The van der Waals surface area contributed by atoms with Gasteiger partial charge in [-0.2, -0.15) is 13.2 Å². The number of anilines is 1. The van der Waals surface area contributed by atoms with Crippen molar-refractivity contribution in [3.8, 4) is 11.3 Å². The van der Waals surface area contributed by atoms with E-state index in [4.69, 9.17) is 0 Å². The summed E-state index contributed by atoms with van der Waals surface area (Å²) in [7, 11) is 1.30. The molecule has 0 N–H and O–H groups in total. The van der Waals surface area contributed by atoms with Gasteiger partial charge in [-0.15, -0.1) is 0 Å². The SMILES string of the molecule is Cc1ccc(-c2cnc3cnc(C(=O)N(C)c4ccccc4C(F)(F)F)cn23)cc1. The largest absolute Gasteiger partial charge is 0.418 e. The van der Waals surface area contributed by atoms with Gasteiger partial charge in [0.05, 0.1) is 29.3 Å². The lowest BCUT2D eigenvalue weighted by Crippen LogP contribution is -2.29. The van der Waals surface area contributed by atoms with Crippen LogP contribution in [0.4, 0.5) is 18.9 Å². The highest BCUT2D eigenvalue weighted by Gasteiger charge is 2.35. The monoisotopic (exact) mass is 410 g/mol. The molecule has 0 saturated carbocycles. The number of carbonyl (C=O) groups excluding carboxylic acids is 1. The fourth-order valence-corrected chi connectivity index (χ4v) is 3.22. The van der Waals surface area contributed by atoms with Crippen molar-refractivity contribution >= 4 is 17.2 Å². The van der Waals surface area contributed by atoms with E-state index < -0.39 is 17.6 Å². The Balaban J connectivity index is 1.74. The zero-order chi connectivity index (χ0) is 21.5. The van der Waals surface area contributed by atoms with Crippen molar-refractivity contribution in [3.05, 3.63) is 83.9 Å². The molecule has 1 amide bonds. The second-order valence-electron chi connectivity index (χ2n) is 6.89. The van der Waals surface area contributed by atoms with Crippen molar-refractivity contribution < 1.29 is 18.0 Å². The number of hydrogen-bond donors (Lipinski definition) is 0. The Kier molecular flexibility index (Phi) is 4.77. The normalized spacial score (nSPS) is 11.6. The van der Waals surface area contributed by atoms with Crippen LogP contribution < -0.4 is 4.90 Å². The third-order valence-electron chi connectivity index (χ3n) is 4.84. The first-order valence-electron chi connectivity index (χ1n) is 9.10. The number of amides is 1. The third-order valence-corrected chi connectivity index (χ3v) is 4.84. The van der Waals surface area contributed by atoms with Crippen LogP contribution in [0.1, 0.15) is 21.6 Å². The van der Waals surface area contributed by atoms with Crippen LogP contribution >= 0.6 is 0 Å². The maximum atomic E-state index is 13.3. The lowest BCUT2D eigenvalue weighted by Gasteiger charge is -2.21. The molecule has 4 rings (SSSR count). The van der Waals surface area contributed by atoms with Gasteiger partial charge >= 0.3 is 6.18 Å². The summed E-state index contributed by atoms with van der Waals surface area (Å²) < 4.78 is 41.7. The summed E-state index contributed by atoms with van der Waals surface area (Å²) >= 11 is 0. The van der Waals surface area contributed by atoms with Crippen molar-refractivity contribution in [1.29, 1.82) is 0 Å². The number of alkyl halides is 3.